The molecule has 2 nitrogen and oxygen atoms in total. The molecule has 1 aliphatic rings. The molecule has 1 unspecified atom stereocenters. The smallest absolute Gasteiger partial charge is 0.0223 e. The summed E-state index contributed by atoms with van der Waals surface area (Å²) in [5.41, 5.74) is 6.35. The highest BCUT2D eigenvalue weighted by Gasteiger charge is 2.28. The summed E-state index contributed by atoms with van der Waals surface area (Å²) in [6.45, 7) is 10.1. The molecule has 0 saturated heterocycles. The molecular weight excluding hydrogens is 208 g/mol. The molecule has 0 aromatic heterocycles. The van der Waals surface area contributed by atoms with Gasteiger partial charge in [0.15, 0.2) is 0 Å². The minimum absolute atomic E-state index is 0.375. The lowest BCUT2D eigenvalue weighted by atomic mass is 9.83. The number of hydrogen-bond donors (Lipinski definition) is 1. The Hall–Kier alpha value is -0.0800. The van der Waals surface area contributed by atoms with Gasteiger partial charge in [-0.25, -0.2) is 0 Å². The molecule has 1 rings (SSSR count). The number of likely N-dealkylation sites (N-methyl/N-ethyl adjacent to an activating group) is 1. The summed E-state index contributed by atoms with van der Waals surface area (Å²) < 4.78 is 0. The molecule has 1 fully saturated rings. The molecular formula is C15H32N2. The zero-order valence-electron chi connectivity index (χ0n) is 12.5. The van der Waals surface area contributed by atoms with Gasteiger partial charge in [0.2, 0.25) is 0 Å². The lowest BCUT2D eigenvalue weighted by Crippen LogP contribution is -2.47. The van der Waals surface area contributed by atoms with Crippen molar-refractivity contribution in [2.45, 2.75) is 71.9 Å². The van der Waals surface area contributed by atoms with Crippen molar-refractivity contribution in [2.24, 2.45) is 17.1 Å². The van der Waals surface area contributed by atoms with Gasteiger partial charge < -0.3 is 5.73 Å². The van der Waals surface area contributed by atoms with E-state index in [1.165, 1.54) is 32.1 Å². The first-order valence-electron chi connectivity index (χ1n) is 7.25. The van der Waals surface area contributed by atoms with Gasteiger partial charge in [0.25, 0.3) is 0 Å². The Morgan fingerprint density at radius 3 is 2.12 bits per heavy atom. The molecule has 1 saturated carbocycles. The van der Waals surface area contributed by atoms with E-state index in [4.69, 9.17) is 5.73 Å². The van der Waals surface area contributed by atoms with Crippen molar-refractivity contribution in [3.8, 4) is 0 Å². The molecule has 0 bridgehead atoms. The van der Waals surface area contributed by atoms with Crippen LogP contribution in [0, 0.1) is 11.3 Å². The van der Waals surface area contributed by atoms with Crippen molar-refractivity contribution < 1.29 is 0 Å². The summed E-state index contributed by atoms with van der Waals surface area (Å²) in [7, 11) is 2.28. The van der Waals surface area contributed by atoms with E-state index in [1.54, 1.807) is 0 Å². The van der Waals surface area contributed by atoms with Gasteiger partial charge in [-0.3, -0.25) is 4.90 Å². The predicted molar refractivity (Wildman–Crippen MR) is 76.1 cm³/mol. The highest BCUT2D eigenvalue weighted by molar-refractivity contribution is 4.84. The average Bonchev–Trinajstić information content (AvgIpc) is 2.25. The van der Waals surface area contributed by atoms with Crippen LogP contribution in [-0.4, -0.2) is 30.6 Å². The molecule has 0 aliphatic heterocycles. The summed E-state index contributed by atoms with van der Waals surface area (Å²) in [6, 6.07) is 1.32. The maximum Gasteiger partial charge on any atom is 0.0223 e. The Morgan fingerprint density at radius 2 is 1.71 bits per heavy atom. The lowest BCUT2D eigenvalue weighted by molar-refractivity contribution is 0.100. The number of hydrogen-bond acceptors (Lipinski definition) is 2. The van der Waals surface area contributed by atoms with E-state index in [1.807, 2.05) is 0 Å². The number of rotatable bonds is 4. The van der Waals surface area contributed by atoms with Crippen molar-refractivity contribution in [1.29, 1.82) is 0 Å². The second-order valence-electron chi connectivity index (χ2n) is 7.23. The molecule has 0 aromatic carbocycles. The second-order valence-corrected chi connectivity index (χ2v) is 7.23. The minimum atomic E-state index is 0.375. The van der Waals surface area contributed by atoms with Gasteiger partial charge in [-0.15, -0.1) is 0 Å². The molecule has 0 heterocycles. The zero-order chi connectivity index (χ0) is 13.1. The summed E-state index contributed by atoms with van der Waals surface area (Å²) in [5, 5.41) is 0. The molecule has 102 valence electrons. The molecule has 0 amide bonds. The second kappa shape index (κ2) is 6.19. The van der Waals surface area contributed by atoms with Crippen LogP contribution in [0.1, 0.15) is 59.8 Å². The van der Waals surface area contributed by atoms with Crippen LogP contribution in [0.5, 0.6) is 0 Å². The molecule has 2 heteroatoms. The van der Waals surface area contributed by atoms with Crippen LogP contribution >= 0.6 is 0 Å². The Balaban J connectivity index is 2.51. The first kappa shape index (κ1) is 15.0. The van der Waals surface area contributed by atoms with Gasteiger partial charge in [0.05, 0.1) is 0 Å². The molecule has 0 aromatic rings. The third-order valence-corrected chi connectivity index (χ3v) is 4.26. The summed E-state index contributed by atoms with van der Waals surface area (Å²) in [4.78, 5) is 2.57. The number of nitrogens with zero attached hydrogens (tertiary/aromatic N) is 1. The number of nitrogens with two attached hydrogens (primary N) is 1. The maximum atomic E-state index is 5.97. The van der Waals surface area contributed by atoms with Crippen LogP contribution in [0.2, 0.25) is 0 Å². The normalized spacial score (nSPS) is 28.4. The maximum absolute atomic E-state index is 5.97. The van der Waals surface area contributed by atoms with Gasteiger partial charge in [-0.2, -0.15) is 0 Å². The van der Waals surface area contributed by atoms with E-state index in [0.717, 1.165) is 18.5 Å². The zero-order valence-corrected chi connectivity index (χ0v) is 12.5. The molecule has 2 N–H and O–H groups in total. The van der Waals surface area contributed by atoms with Crippen molar-refractivity contribution in [1.82, 2.24) is 4.90 Å². The Labute approximate surface area is 108 Å². The van der Waals surface area contributed by atoms with Crippen LogP contribution in [0.15, 0.2) is 0 Å². The predicted octanol–water partition coefficient (Wildman–Crippen LogP) is 3.26. The van der Waals surface area contributed by atoms with Crippen LogP contribution in [0.25, 0.3) is 0 Å². The van der Waals surface area contributed by atoms with Gasteiger partial charge in [-0.05, 0) is 50.5 Å². The standard InChI is InChI=1S/C15H32N2/c1-12-6-8-13(9-7-12)17(5)14(11-16)10-15(2,3)4/h12-14H,6-11,16H2,1-5H3. The Bertz CT molecular complexity index is 211. The third kappa shape index (κ3) is 4.97. The van der Waals surface area contributed by atoms with E-state index in [9.17, 15) is 0 Å². The highest BCUT2D eigenvalue weighted by atomic mass is 15.2. The average molecular weight is 240 g/mol. The van der Waals surface area contributed by atoms with E-state index < -0.39 is 0 Å². The fraction of sp³-hybridized carbons (Fsp3) is 1.00. The largest absolute Gasteiger partial charge is 0.329 e. The highest BCUT2D eigenvalue weighted by Crippen LogP contribution is 2.30. The third-order valence-electron chi connectivity index (χ3n) is 4.26. The van der Waals surface area contributed by atoms with Gasteiger partial charge in [0, 0.05) is 18.6 Å². The monoisotopic (exact) mass is 240 g/mol. The molecule has 1 aliphatic carbocycles. The fourth-order valence-electron chi connectivity index (χ4n) is 3.05. The van der Waals surface area contributed by atoms with Crippen molar-refractivity contribution in [3.05, 3.63) is 0 Å². The van der Waals surface area contributed by atoms with Crippen molar-refractivity contribution in [2.75, 3.05) is 13.6 Å². The van der Waals surface area contributed by atoms with E-state index >= 15 is 0 Å². The first-order valence-corrected chi connectivity index (χ1v) is 7.25. The van der Waals surface area contributed by atoms with Crippen molar-refractivity contribution in [3.63, 3.8) is 0 Å². The van der Waals surface area contributed by atoms with Gasteiger partial charge in [-0.1, -0.05) is 27.7 Å². The van der Waals surface area contributed by atoms with Gasteiger partial charge in [0.1, 0.15) is 0 Å². The minimum Gasteiger partial charge on any atom is -0.329 e. The quantitative estimate of drug-likeness (QED) is 0.817. The van der Waals surface area contributed by atoms with Crippen LogP contribution < -0.4 is 5.73 Å². The van der Waals surface area contributed by atoms with Crippen LogP contribution in [0.3, 0.4) is 0 Å². The SMILES string of the molecule is CC1CCC(N(C)C(CN)CC(C)(C)C)CC1. The lowest BCUT2D eigenvalue weighted by Gasteiger charge is -2.40. The van der Waals surface area contributed by atoms with Crippen molar-refractivity contribution >= 4 is 0 Å². The Morgan fingerprint density at radius 1 is 1.18 bits per heavy atom. The molecule has 17 heavy (non-hydrogen) atoms. The molecule has 0 radical (unpaired) electrons. The topological polar surface area (TPSA) is 29.3 Å². The first-order chi connectivity index (χ1) is 7.83. The summed E-state index contributed by atoms with van der Waals surface area (Å²) >= 11 is 0. The van der Waals surface area contributed by atoms with E-state index in [2.05, 4.69) is 39.6 Å². The van der Waals surface area contributed by atoms with Crippen LogP contribution in [-0.2, 0) is 0 Å². The molecule has 1 atom stereocenters. The van der Waals surface area contributed by atoms with Crippen LogP contribution in [0.4, 0.5) is 0 Å². The summed E-state index contributed by atoms with van der Waals surface area (Å²) in [5.74, 6) is 0.929. The Kier molecular flexibility index (Phi) is 5.46. The molecule has 0 spiro atoms. The van der Waals surface area contributed by atoms with E-state index in [-0.39, 0.29) is 0 Å². The van der Waals surface area contributed by atoms with Gasteiger partial charge >= 0.3 is 0 Å². The summed E-state index contributed by atoms with van der Waals surface area (Å²) in [6.07, 6.45) is 6.70. The fourth-order valence-corrected chi connectivity index (χ4v) is 3.05. The van der Waals surface area contributed by atoms with E-state index in [0.29, 0.717) is 11.5 Å².